The number of carbonyl (C=O) groups excluding carboxylic acids is 3. The highest BCUT2D eigenvalue weighted by atomic mass is 16.5. The molecular formula is C23H23NO4. The van der Waals surface area contributed by atoms with Gasteiger partial charge in [0.1, 0.15) is 0 Å². The topological polar surface area (TPSA) is 63.7 Å². The van der Waals surface area contributed by atoms with Gasteiger partial charge in [0, 0.05) is 24.2 Å². The summed E-state index contributed by atoms with van der Waals surface area (Å²) in [6.45, 7) is 0.419. The fourth-order valence-electron chi connectivity index (χ4n) is 3.91. The number of Topliss-reactive ketones (excluding diaryl/α,β-unsaturated/α-hetero) is 1. The molecule has 2 aromatic rings. The van der Waals surface area contributed by atoms with E-state index in [2.05, 4.69) is 0 Å². The van der Waals surface area contributed by atoms with Crippen molar-refractivity contribution < 1.29 is 19.1 Å². The van der Waals surface area contributed by atoms with Crippen LogP contribution in [0.15, 0.2) is 42.5 Å². The number of ether oxygens (including phenoxy) is 1. The second-order valence-electron chi connectivity index (χ2n) is 7.39. The van der Waals surface area contributed by atoms with Gasteiger partial charge in [0.2, 0.25) is 5.91 Å². The van der Waals surface area contributed by atoms with Gasteiger partial charge >= 0.3 is 5.97 Å². The molecule has 4 rings (SSSR count). The van der Waals surface area contributed by atoms with Crippen LogP contribution in [0.3, 0.4) is 0 Å². The van der Waals surface area contributed by atoms with Crippen molar-refractivity contribution in [2.45, 2.75) is 38.5 Å². The Hall–Kier alpha value is -2.95. The molecule has 28 heavy (non-hydrogen) atoms. The summed E-state index contributed by atoms with van der Waals surface area (Å²) in [5.41, 5.74) is 4.27. The molecule has 0 spiro atoms. The van der Waals surface area contributed by atoms with Crippen LogP contribution in [-0.2, 0) is 22.4 Å². The Morgan fingerprint density at radius 2 is 1.57 bits per heavy atom. The molecule has 2 aliphatic rings. The van der Waals surface area contributed by atoms with Crippen LogP contribution in [0.2, 0.25) is 0 Å². The van der Waals surface area contributed by atoms with Gasteiger partial charge in [0.05, 0.1) is 5.56 Å². The third-order valence-corrected chi connectivity index (χ3v) is 5.49. The molecular weight excluding hydrogens is 354 g/mol. The zero-order valence-electron chi connectivity index (χ0n) is 15.8. The molecule has 1 heterocycles. The molecule has 0 aromatic heterocycles. The number of benzene rings is 2. The van der Waals surface area contributed by atoms with E-state index in [0.717, 1.165) is 31.4 Å². The number of carbonyl (C=O) groups is 3. The van der Waals surface area contributed by atoms with Crippen LogP contribution in [0.4, 0.5) is 5.69 Å². The quantitative estimate of drug-likeness (QED) is 0.588. The summed E-state index contributed by atoms with van der Waals surface area (Å²) in [4.78, 5) is 38.2. The van der Waals surface area contributed by atoms with Crippen molar-refractivity contribution in [3.63, 3.8) is 0 Å². The molecule has 5 heteroatoms. The first-order chi connectivity index (χ1) is 13.6. The van der Waals surface area contributed by atoms with Gasteiger partial charge in [-0.1, -0.05) is 6.07 Å². The van der Waals surface area contributed by atoms with Crippen molar-refractivity contribution in [3.8, 4) is 0 Å². The van der Waals surface area contributed by atoms with Crippen LogP contribution in [0.5, 0.6) is 0 Å². The summed E-state index contributed by atoms with van der Waals surface area (Å²) in [6.07, 6.45) is 5.81. The lowest BCUT2D eigenvalue weighted by atomic mass is 9.90. The standard InChI is InChI=1S/C23H23NO4/c25-21(17-9-11-20(12-10-17)24-13-3-6-22(24)26)15-28-23(27)19-8-7-16-4-1-2-5-18(16)14-19/h7-12,14H,1-6,13,15H2. The number of anilines is 1. The number of rotatable bonds is 5. The molecule has 0 radical (unpaired) electrons. The maximum absolute atomic E-state index is 12.4. The van der Waals surface area contributed by atoms with E-state index in [1.165, 1.54) is 17.5 Å². The monoisotopic (exact) mass is 377 g/mol. The molecule has 5 nitrogen and oxygen atoms in total. The third kappa shape index (κ3) is 3.84. The average Bonchev–Trinajstić information content (AvgIpc) is 3.17. The van der Waals surface area contributed by atoms with Gasteiger partial charge in [-0.2, -0.15) is 0 Å². The summed E-state index contributed by atoms with van der Waals surface area (Å²) < 4.78 is 5.23. The van der Waals surface area contributed by atoms with E-state index in [1.54, 1.807) is 35.2 Å². The van der Waals surface area contributed by atoms with Crippen LogP contribution in [0, 0.1) is 0 Å². The Kier molecular flexibility index (Phi) is 5.24. The number of esters is 1. The molecule has 2 aromatic carbocycles. The Morgan fingerprint density at radius 1 is 0.857 bits per heavy atom. The summed E-state index contributed by atoms with van der Waals surface area (Å²) in [5, 5.41) is 0. The van der Waals surface area contributed by atoms with Crippen molar-refractivity contribution >= 4 is 23.3 Å². The minimum Gasteiger partial charge on any atom is -0.454 e. The normalized spacial score (nSPS) is 16.0. The number of nitrogens with zero attached hydrogens (tertiary/aromatic N) is 1. The summed E-state index contributed by atoms with van der Waals surface area (Å²) in [6, 6.07) is 12.5. The Labute approximate surface area is 164 Å². The lowest BCUT2D eigenvalue weighted by Gasteiger charge is -2.16. The summed E-state index contributed by atoms with van der Waals surface area (Å²) >= 11 is 0. The number of amides is 1. The van der Waals surface area contributed by atoms with Crippen molar-refractivity contribution in [2.75, 3.05) is 18.1 Å². The highest BCUT2D eigenvalue weighted by Crippen LogP contribution is 2.23. The second-order valence-corrected chi connectivity index (χ2v) is 7.39. The van der Waals surface area contributed by atoms with Crippen molar-refractivity contribution in [3.05, 3.63) is 64.7 Å². The third-order valence-electron chi connectivity index (χ3n) is 5.49. The van der Waals surface area contributed by atoms with E-state index in [0.29, 0.717) is 24.1 Å². The van der Waals surface area contributed by atoms with Gasteiger partial charge in [-0.05, 0) is 79.6 Å². The van der Waals surface area contributed by atoms with Gasteiger partial charge in [-0.3, -0.25) is 9.59 Å². The lowest BCUT2D eigenvalue weighted by molar-refractivity contribution is -0.117. The largest absolute Gasteiger partial charge is 0.454 e. The van der Waals surface area contributed by atoms with Gasteiger partial charge < -0.3 is 9.64 Å². The lowest BCUT2D eigenvalue weighted by Crippen LogP contribution is -2.23. The molecule has 0 unspecified atom stereocenters. The van der Waals surface area contributed by atoms with Gasteiger partial charge in [0.15, 0.2) is 12.4 Å². The zero-order chi connectivity index (χ0) is 19.5. The van der Waals surface area contributed by atoms with E-state index in [-0.39, 0.29) is 18.3 Å². The smallest absolute Gasteiger partial charge is 0.338 e. The molecule has 0 bridgehead atoms. The average molecular weight is 377 g/mol. The molecule has 0 N–H and O–H groups in total. The van der Waals surface area contributed by atoms with Crippen LogP contribution >= 0.6 is 0 Å². The molecule has 1 aliphatic heterocycles. The second kappa shape index (κ2) is 7.97. The fraction of sp³-hybridized carbons (Fsp3) is 0.348. The van der Waals surface area contributed by atoms with Gasteiger partial charge in [-0.15, -0.1) is 0 Å². The molecule has 1 fully saturated rings. The number of ketones is 1. The maximum atomic E-state index is 12.4. The molecule has 1 amide bonds. The number of aryl methyl sites for hydroxylation is 2. The first-order valence-electron chi connectivity index (χ1n) is 9.84. The highest BCUT2D eigenvalue weighted by Gasteiger charge is 2.22. The van der Waals surface area contributed by atoms with E-state index >= 15 is 0 Å². The van der Waals surface area contributed by atoms with E-state index in [1.807, 2.05) is 12.1 Å². The van der Waals surface area contributed by atoms with E-state index in [4.69, 9.17) is 4.74 Å². The molecule has 0 atom stereocenters. The molecule has 0 saturated carbocycles. The Bertz CT molecular complexity index is 917. The summed E-state index contributed by atoms with van der Waals surface area (Å²) in [7, 11) is 0. The Balaban J connectivity index is 1.36. The van der Waals surface area contributed by atoms with Crippen LogP contribution < -0.4 is 4.90 Å². The van der Waals surface area contributed by atoms with Crippen molar-refractivity contribution in [1.82, 2.24) is 0 Å². The minimum atomic E-state index is -0.471. The fourth-order valence-corrected chi connectivity index (χ4v) is 3.91. The van der Waals surface area contributed by atoms with E-state index < -0.39 is 5.97 Å². The minimum absolute atomic E-state index is 0.109. The first kappa shape index (κ1) is 18.4. The predicted molar refractivity (Wildman–Crippen MR) is 106 cm³/mol. The number of fused-ring (bicyclic) bond motifs is 1. The highest BCUT2D eigenvalue weighted by molar-refractivity contribution is 6.00. The van der Waals surface area contributed by atoms with Crippen LogP contribution in [0.1, 0.15) is 57.5 Å². The Morgan fingerprint density at radius 3 is 2.29 bits per heavy atom. The molecule has 1 aliphatic carbocycles. The van der Waals surface area contributed by atoms with Crippen LogP contribution in [0.25, 0.3) is 0 Å². The van der Waals surface area contributed by atoms with Crippen molar-refractivity contribution in [2.24, 2.45) is 0 Å². The van der Waals surface area contributed by atoms with Gasteiger partial charge in [-0.25, -0.2) is 4.79 Å². The first-order valence-corrected chi connectivity index (χ1v) is 9.84. The predicted octanol–water partition coefficient (Wildman–Crippen LogP) is 3.73. The summed E-state index contributed by atoms with van der Waals surface area (Å²) in [5.74, 6) is -0.621. The van der Waals surface area contributed by atoms with E-state index in [9.17, 15) is 14.4 Å². The van der Waals surface area contributed by atoms with Crippen LogP contribution in [-0.4, -0.2) is 30.8 Å². The number of hydrogen-bond acceptors (Lipinski definition) is 4. The molecule has 144 valence electrons. The zero-order valence-corrected chi connectivity index (χ0v) is 15.8. The SMILES string of the molecule is O=C(COC(=O)c1ccc2c(c1)CCCC2)c1ccc(N2CCCC2=O)cc1. The van der Waals surface area contributed by atoms with Gasteiger partial charge in [0.25, 0.3) is 0 Å². The number of hydrogen-bond donors (Lipinski definition) is 0. The van der Waals surface area contributed by atoms with Crippen molar-refractivity contribution in [1.29, 1.82) is 0 Å². The maximum Gasteiger partial charge on any atom is 0.338 e. The molecule has 1 saturated heterocycles.